The number of hydrogen-bond acceptors (Lipinski definition) is 5. The van der Waals surface area contributed by atoms with Crippen molar-refractivity contribution in [2.75, 3.05) is 20.6 Å². The van der Waals surface area contributed by atoms with Gasteiger partial charge < -0.3 is 15.2 Å². The van der Waals surface area contributed by atoms with Gasteiger partial charge in [-0.05, 0) is 57.4 Å². The number of aryl methyl sites for hydroxylation is 1. The number of carbonyl (C=O) groups excluding carboxylic acids is 2. The zero-order chi connectivity index (χ0) is 21.9. The van der Waals surface area contributed by atoms with E-state index in [2.05, 4.69) is 27.5 Å². The molecule has 1 heterocycles. The van der Waals surface area contributed by atoms with Gasteiger partial charge in [0.2, 0.25) is 0 Å². The molecule has 164 valence electrons. The first kappa shape index (κ1) is 25.7. The molecule has 0 aliphatic rings. The van der Waals surface area contributed by atoms with E-state index in [0.29, 0.717) is 23.5 Å². The molecule has 0 aliphatic heterocycles. The molecule has 0 atom stereocenters. The van der Waals surface area contributed by atoms with Crippen LogP contribution < -0.4 is 16.1 Å². The van der Waals surface area contributed by atoms with E-state index in [1.54, 1.807) is 29.7 Å². The molecule has 2 amide bonds. The van der Waals surface area contributed by atoms with E-state index in [4.69, 9.17) is 5.21 Å². The summed E-state index contributed by atoms with van der Waals surface area (Å²) in [5, 5.41) is 14.1. The summed E-state index contributed by atoms with van der Waals surface area (Å²) >= 11 is 0. The van der Waals surface area contributed by atoms with Crippen molar-refractivity contribution < 1.29 is 14.8 Å². The molecular weight excluding hydrogens is 418 g/mol. The van der Waals surface area contributed by atoms with Gasteiger partial charge in [-0.1, -0.05) is 24.0 Å². The fourth-order valence-electron chi connectivity index (χ4n) is 2.69. The Morgan fingerprint density at radius 1 is 1.06 bits per heavy atom. The number of nitrogens with zero attached hydrogens (tertiary/aromatic N) is 2. The topological polar surface area (TPSA) is 108 Å². The molecule has 9 heteroatoms. The second-order valence-corrected chi connectivity index (χ2v) is 6.17. The Labute approximate surface area is 187 Å². The lowest BCUT2D eigenvalue weighted by molar-refractivity contribution is 0.0706. The van der Waals surface area contributed by atoms with Crippen molar-refractivity contribution in [3.8, 4) is 11.8 Å². The van der Waals surface area contributed by atoms with Crippen molar-refractivity contribution in [1.29, 1.82) is 0 Å². The van der Waals surface area contributed by atoms with Crippen LogP contribution in [0.15, 0.2) is 48.5 Å². The van der Waals surface area contributed by atoms with Gasteiger partial charge in [0.25, 0.3) is 11.8 Å². The number of hydroxylamine groups is 1. The van der Waals surface area contributed by atoms with Crippen molar-refractivity contribution in [2.45, 2.75) is 13.5 Å². The van der Waals surface area contributed by atoms with E-state index in [1.807, 2.05) is 49.9 Å². The Morgan fingerprint density at radius 3 is 2.32 bits per heavy atom. The molecule has 3 aromatic rings. The van der Waals surface area contributed by atoms with Crippen molar-refractivity contribution in [1.82, 2.24) is 25.7 Å². The number of imidazole rings is 1. The normalized spacial score (nSPS) is 9.42. The van der Waals surface area contributed by atoms with Gasteiger partial charge in [-0.25, -0.2) is 10.5 Å². The third-order valence-corrected chi connectivity index (χ3v) is 3.99. The molecule has 2 aromatic carbocycles. The van der Waals surface area contributed by atoms with Crippen LogP contribution in [-0.2, 0) is 6.54 Å². The summed E-state index contributed by atoms with van der Waals surface area (Å²) in [4.78, 5) is 28.1. The highest BCUT2D eigenvalue weighted by molar-refractivity contribution is 5.95. The minimum Gasteiger partial charge on any atom is -0.338 e. The molecule has 0 saturated carbocycles. The number of amides is 2. The summed E-state index contributed by atoms with van der Waals surface area (Å²) in [5.74, 6) is 5.27. The summed E-state index contributed by atoms with van der Waals surface area (Å²) in [6, 6.07) is 14.0. The maximum atomic E-state index is 12.4. The lowest BCUT2D eigenvalue weighted by Crippen LogP contribution is -2.27. The molecule has 0 fully saturated rings. The van der Waals surface area contributed by atoms with Crippen LogP contribution in [0.25, 0.3) is 11.0 Å². The summed E-state index contributed by atoms with van der Waals surface area (Å²) in [6.07, 6.45) is 0. The van der Waals surface area contributed by atoms with Gasteiger partial charge in [-0.2, -0.15) is 0 Å². The zero-order valence-electron chi connectivity index (χ0n) is 17.6. The van der Waals surface area contributed by atoms with Crippen LogP contribution in [0.3, 0.4) is 0 Å². The van der Waals surface area contributed by atoms with Gasteiger partial charge in [-0.15, -0.1) is 12.4 Å². The van der Waals surface area contributed by atoms with Gasteiger partial charge >= 0.3 is 0 Å². The lowest BCUT2D eigenvalue weighted by atomic mass is 10.1. The van der Waals surface area contributed by atoms with Crippen molar-refractivity contribution in [2.24, 2.45) is 0 Å². The van der Waals surface area contributed by atoms with Gasteiger partial charge in [0.15, 0.2) is 5.82 Å². The molecular formula is C22H26ClN5O3. The average Bonchev–Trinajstić information content (AvgIpc) is 3.16. The Hall–Kier alpha value is -3.38. The predicted molar refractivity (Wildman–Crippen MR) is 123 cm³/mol. The quantitative estimate of drug-likeness (QED) is 0.281. The Balaban J connectivity index is 0.00000113. The number of carbonyl (C=O) groups is 2. The standard InChI is InChI=1S/C20H18N4O3.C2H7N.ClH/c1-2-24-17-8-4-3-7-16(17)22-18(24)20(26)21-13-5-6-14-9-11-15(12-10-14)19(25)23-27;1-3-2;/h3-4,7-12,27H,2,13H2,1H3,(H,21,26)(H,23,25);3H,1-2H3;1H. The van der Waals surface area contributed by atoms with E-state index >= 15 is 0 Å². The summed E-state index contributed by atoms with van der Waals surface area (Å²) < 4.78 is 1.86. The number of halogens is 1. The minimum absolute atomic E-state index is 0. The highest BCUT2D eigenvalue weighted by Crippen LogP contribution is 2.15. The molecule has 8 nitrogen and oxygen atoms in total. The van der Waals surface area contributed by atoms with Crippen LogP contribution in [0.5, 0.6) is 0 Å². The molecule has 0 bridgehead atoms. The molecule has 0 unspecified atom stereocenters. The Bertz CT molecular complexity index is 1070. The molecule has 1 aromatic heterocycles. The van der Waals surface area contributed by atoms with Crippen molar-refractivity contribution >= 4 is 35.3 Å². The van der Waals surface area contributed by atoms with E-state index < -0.39 is 5.91 Å². The second-order valence-electron chi connectivity index (χ2n) is 6.17. The first-order chi connectivity index (χ1) is 14.5. The van der Waals surface area contributed by atoms with Crippen LogP contribution in [0.4, 0.5) is 0 Å². The minimum atomic E-state index is -0.583. The zero-order valence-corrected chi connectivity index (χ0v) is 18.4. The second kappa shape index (κ2) is 13.0. The molecule has 4 N–H and O–H groups in total. The fourth-order valence-corrected chi connectivity index (χ4v) is 2.69. The van der Waals surface area contributed by atoms with E-state index in [0.717, 1.165) is 11.0 Å². The van der Waals surface area contributed by atoms with Crippen LogP contribution in [0, 0.1) is 11.8 Å². The third-order valence-electron chi connectivity index (χ3n) is 3.99. The lowest BCUT2D eigenvalue weighted by Gasteiger charge is -2.05. The number of rotatable bonds is 4. The number of nitrogens with one attached hydrogen (secondary N) is 3. The monoisotopic (exact) mass is 443 g/mol. The smallest absolute Gasteiger partial charge is 0.288 e. The Kier molecular flexibility index (Phi) is 10.8. The SMILES string of the molecule is CCn1c(C(=O)NCC#Cc2ccc(C(=O)NO)cc2)nc2ccccc21.CNC.Cl. The molecule has 0 saturated heterocycles. The largest absolute Gasteiger partial charge is 0.338 e. The van der Waals surface area contributed by atoms with Crippen molar-refractivity contribution in [3.63, 3.8) is 0 Å². The fraction of sp³-hybridized carbons (Fsp3) is 0.227. The van der Waals surface area contributed by atoms with E-state index in [1.165, 1.54) is 0 Å². The van der Waals surface area contributed by atoms with Gasteiger partial charge in [-0.3, -0.25) is 14.8 Å². The number of fused-ring (bicyclic) bond motifs is 1. The van der Waals surface area contributed by atoms with Crippen LogP contribution in [0.2, 0.25) is 0 Å². The number of hydrogen-bond donors (Lipinski definition) is 4. The van der Waals surface area contributed by atoms with Gasteiger partial charge in [0.1, 0.15) is 0 Å². The highest BCUT2D eigenvalue weighted by Gasteiger charge is 2.15. The van der Waals surface area contributed by atoms with E-state index in [-0.39, 0.29) is 24.9 Å². The molecule has 0 radical (unpaired) electrons. The van der Waals surface area contributed by atoms with Crippen LogP contribution in [0.1, 0.15) is 33.5 Å². The Morgan fingerprint density at radius 2 is 1.71 bits per heavy atom. The van der Waals surface area contributed by atoms with Gasteiger partial charge in [0.05, 0.1) is 17.6 Å². The van der Waals surface area contributed by atoms with E-state index in [9.17, 15) is 9.59 Å². The highest BCUT2D eigenvalue weighted by atomic mass is 35.5. The third kappa shape index (κ3) is 6.83. The molecule has 0 spiro atoms. The van der Waals surface area contributed by atoms with Crippen LogP contribution in [-0.4, -0.2) is 47.2 Å². The molecule has 0 aliphatic carbocycles. The predicted octanol–water partition coefficient (Wildman–Crippen LogP) is 2.21. The number of para-hydroxylation sites is 2. The summed E-state index contributed by atoms with van der Waals surface area (Å²) in [7, 11) is 3.75. The average molecular weight is 444 g/mol. The van der Waals surface area contributed by atoms with Crippen LogP contribution >= 0.6 is 12.4 Å². The summed E-state index contributed by atoms with van der Waals surface area (Å²) in [5.41, 5.74) is 4.29. The first-order valence-electron chi connectivity index (χ1n) is 9.41. The number of benzene rings is 2. The van der Waals surface area contributed by atoms with Gasteiger partial charge in [0, 0.05) is 17.7 Å². The first-order valence-corrected chi connectivity index (χ1v) is 9.41. The summed E-state index contributed by atoms with van der Waals surface area (Å²) in [6.45, 7) is 2.78. The van der Waals surface area contributed by atoms with Crippen molar-refractivity contribution in [3.05, 3.63) is 65.5 Å². The molecule has 3 rings (SSSR count). The molecule has 31 heavy (non-hydrogen) atoms. The number of aromatic nitrogens is 2. The maximum Gasteiger partial charge on any atom is 0.288 e. The maximum absolute atomic E-state index is 12.4.